The summed E-state index contributed by atoms with van der Waals surface area (Å²) in [7, 11) is 5.25. The molecule has 1 aliphatic rings. The second kappa shape index (κ2) is 11.3. The lowest BCUT2D eigenvalue weighted by Crippen LogP contribution is -2.35. The van der Waals surface area contributed by atoms with Gasteiger partial charge in [0.05, 0.1) is 49.7 Å². The average molecular weight is 481 g/mol. The van der Waals surface area contributed by atoms with Crippen LogP contribution in [0.2, 0.25) is 0 Å². The minimum absolute atomic E-state index is 0.189. The Kier molecular flexibility index (Phi) is 9.08. The first-order valence-corrected chi connectivity index (χ1v) is 10.5. The van der Waals surface area contributed by atoms with Gasteiger partial charge in [-0.15, -0.1) is 0 Å². The van der Waals surface area contributed by atoms with Crippen molar-refractivity contribution in [1.29, 1.82) is 0 Å². The van der Waals surface area contributed by atoms with Crippen molar-refractivity contribution in [2.45, 2.75) is 19.8 Å². The van der Waals surface area contributed by atoms with Crippen LogP contribution in [0.4, 0.5) is 0 Å². The zero-order valence-electron chi connectivity index (χ0n) is 18.1. The van der Waals surface area contributed by atoms with Crippen molar-refractivity contribution in [3.63, 3.8) is 0 Å². The van der Waals surface area contributed by atoms with Crippen molar-refractivity contribution in [1.82, 2.24) is 10.2 Å². The first-order chi connectivity index (χ1) is 14.3. The summed E-state index contributed by atoms with van der Waals surface area (Å²) in [4.78, 5) is 27.7. The van der Waals surface area contributed by atoms with E-state index in [1.54, 1.807) is 13.8 Å². The normalized spacial score (nSPS) is 16.6. The van der Waals surface area contributed by atoms with Crippen LogP contribution >= 0.6 is 15.9 Å². The fourth-order valence-corrected chi connectivity index (χ4v) is 3.80. The summed E-state index contributed by atoms with van der Waals surface area (Å²) < 4.78 is 17.0. The van der Waals surface area contributed by atoms with Crippen LogP contribution in [0.1, 0.15) is 25.3 Å². The number of esters is 2. The number of likely N-dealkylation sites (N-methyl/N-ethyl adjacent to an activating group) is 1. The van der Waals surface area contributed by atoms with Crippen LogP contribution in [0.15, 0.2) is 51.3 Å². The quantitative estimate of drug-likeness (QED) is 0.429. The summed E-state index contributed by atoms with van der Waals surface area (Å²) in [6, 6.07) is 7.49. The Labute approximate surface area is 186 Å². The molecule has 0 bridgehead atoms. The van der Waals surface area contributed by atoms with Crippen molar-refractivity contribution in [3.8, 4) is 0 Å². The average Bonchev–Trinajstić information content (AvgIpc) is 2.70. The van der Waals surface area contributed by atoms with Crippen LogP contribution in [-0.2, 0) is 23.8 Å². The van der Waals surface area contributed by atoms with Crippen LogP contribution in [0.5, 0.6) is 0 Å². The molecule has 0 amide bonds. The Morgan fingerprint density at radius 1 is 1.17 bits per heavy atom. The number of hydrogen-bond acceptors (Lipinski definition) is 7. The van der Waals surface area contributed by atoms with Crippen molar-refractivity contribution < 1.29 is 23.8 Å². The molecule has 0 unspecified atom stereocenters. The second-order valence-electron chi connectivity index (χ2n) is 7.08. The maximum absolute atomic E-state index is 13.0. The number of methoxy groups -OCH3 is 1. The zero-order valence-corrected chi connectivity index (χ0v) is 19.7. The number of halogens is 1. The Bertz CT molecular complexity index is 848. The highest BCUT2D eigenvalue weighted by atomic mass is 79.9. The molecule has 7 nitrogen and oxygen atoms in total. The van der Waals surface area contributed by atoms with Crippen molar-refractivity contribution in [2.24, 2.45) is 0 Å². The third kappa shape index (κ3) is 5.71. The SMILES string of the molecule is CCOC(=O)C1=C(COCCN(C)C)NC(C)=C(C(=O)OC)[C@H]1c1ccccc1Br. The molecule has 0 saturated carbocycles. The maximum Gasteiger partial charge on any atom is 0.336 e. The number of hydrogen-bond donors (Lipinski definition) is 1. The molecule has 0 radical (unpaired) electrons. The van der Waals surface area contributed by atoms with Gasteiger partial charge >= 0.3 is 11.9 Å². The van der Waals surface area contributed by atoms with Gasteiger partial charge < -0.3 is 24.4 Å². The number of nitrogens with zero attached hydrogens (tertiary/aromatic N) is 1. The van der Waals surface area contributed by atoms with Gasteiger partial charge in [0.2, 0.25) is 0 Å². The fraction of sp³-hybridized carbons (Fsp3) is 0.455. The molecule has 1 aromatic carbocycles. The molecule has 0 aromatic heterocycles. The maximum atomic E-state index is 13.0. The Morgan fingerprint density at radius 3 is 2.47 bits per heavy atom. The van der Waals surface area contributed by atoms with E-state index < -0.39 is 17.9 Å². The Balaban J connectivity index is 2.58. The lowest BCUT2D eigenvalue weighted by Gasteiger charge is -2.31. The number of carbonyl (C=O) groups is 2. The molecular weight excluding hydrogens is 452 g/mol. The molecule has 1 aliphatic heterocycles. The van der Waals surface area contributed by atoms with E-state index in [2.05, 4.69) is 21.2 Å². The predicted octanol–water partition coefficient (Wildman–Crippen LogP) is 2.98. The molecule has 2 rings (SSSR count). The minimum Gasteiger partial charge on any atom is -0.466 e. The van der Waals surface area contributed by atoms with Gasteiger partial charge in [0, 0.05) is 16.7 Å². The topological polar surface area (TPSA) is 77.1 Å². The van der Waals surface area contributed by atoms with E-state index in [1.165, 1.54) is 7.11 Å². The van der Waals surface area contributed by atoms with Gasteiger partial charge in [-0.05, 0) is 39.6 Å². The lowest BCUT2D eigenvalue weighted by atomic mass is 9.80. The Morgan fingerprint density at radius 2 is 1.87 bits per heavy atom. The number of benzene rings is 1. The highest BCUT2D eigenvalue weighted by molar-refractivity contribution is 9.10. The van der Waals surface area contributed by atoms with E-state index in [0.717, 1.165) is 16.6 Å². The monoisotopic (exact) mass is 480 g/mol. The van der Waals surface area contributed by atoms with E-state index >= 15 is 0 Å². The minimum atomic E-state index is -0.652. The lowest BCUT2D eigenvalue weighted by molar-refractivity contribution is -0.139. The summed E-state index contributed by atoms with van der Waals surface area (Å²) in [6.07, 6.45) is 0. The first kappa shape index (κ1) is 24.1. The summed E-state index contributed by atoms with van der Waals surface area (Å²) in [5.41, 5.74) is 2.68. The molecular formula is C22H29BrN2O5. The number of dihydropyridines is 1. The summed E-state index contributed by atoms with van der Waals surface area (Å²) in [5.74, 6) is -1.65. The standard InChI is InChI=1S/C22H29BrN2O5/c1-6-30-22(27)20-17(13-29-12-11-25(3)4)24-14(2)18(21(26)28-5)19(20)15-9-7-8-10-16(15)23/h7-10,19,24H,6,11-13H2,1-5H3/t19-/m1/s1. The third-order valence-electron chi connectivity index (χ3n) is 4.69. The van der Waals surface area contributed by atoms with Crippen LogP contribution in [0, 0.1) is 0 Å². The number of nitrogens with one attached hydrogen (secondary N) is 1. The van der Waals surface area contributed by atoms with E-state index in [9.17, 15) is 9.59 Å². The molecule has 1 atom stereocenters. The van der Waals surface area contributed by atoms with Gasteiger partial charge in [0.1, 0.15) is 0 Å². The highest BCUT2D eigenvalue weighted by Gasteiger charge is 2.39. The molecule has 0 saturated heterocycles. The number of allylic oxidation sites excluding steroid dienone is 1. The van der Waals surface area contributed by atoms with Crippen molar-refractivity contribution >= 4 is 27.9 Å². The smallest absolute Gasteiger partial charge is 0.336 e. The number of ether oxygens (including phenoxy) is 3. The highest BCUT2D eigenvalue weighted by Crippen LogP contribution is 2.41. The van der Waals surface area contributed by atoms with Crippen LogP contribution in [0.3, 0.4) is 0 Å². The van der Waals surface area contributed by atoms with Crippen LogP contribution in [-0.4, -0.2) is 64.4 Å². The number of carbonyl (C=O) groups excluding carboxylic acids is 2. The van der Waals surface area contributed by atoms with Crippen molar-refractivity contribution in [2.75, 3.05) is 47.6 Å². The molecule has 0 aliphatic carbocycles. The van der Waals surface area contributed by atoms with E-state index in [0.29, 0.717) is 29.1 Å². The summed E-state index contributed by atoms with van der Waals surface area (Å²) >= 11 is 3.56. The van der Waals surface area contributed by atoms with Crippen LogP contribution < -0.4 is 5.32 Å². The molecule has 1 heterocycles. The molecule has 0 fully saturated rings. The van der Waals surface area contributed by atoms with Gasteiger partial charge in [0.25, 0.3) is 0 Å². The van der Waals surface area contributed by atoms with Crippen LogP contribution in [0.25, 0.3) is 0 Å². The summed E-state index contributed by atoms with van der Waals surface area (Å²) in [5, 5.41) is 3.18. The van der Waals surface area contributed by atoms with E-state index in [4.69, 9.17) is 14.2 Å². The molecule has 8 heteroatoms. The molecule has 30 heavy (non-hydrogen) atoms. The van der Waals surface area contributed by atoms with Crippen molar-refractivity contribution in [3.05, 3.63) is 56.8 Å². The molecule has 1 N–H and O–H groups in total. The summed E-state index contributed by atoms with van der Waals surface area (Å²) in [6.45, 7) is 5.19. The molecule has 0 spiro atoms. The second-order valence-corrected chi connectivity index (χ2v) is 7.93. The molecule has 1 aromatic rings. The predicted molar refractivity (Wildman–Crippen MR) is 118 cm³/mol. The fourth-order valence-electron chi connectivity index (χ4n) is 3.28. The van der Waals surface area contributed by atoms with E-state index in [1.807, 2.05) is 43.3 Å². The van der Waals surface area contributed by atoms with Gasteiger partial charge in [0.15, 0.2) is 0 Å². The third-order valence-corrected chi connectivity index (χ3v) is 5.41. The van der Waals surface area contributed by atoms with E-state index in [-0.39, 0.29) is 13.2 Å². The first-order valence-electron chi connectivity index (χ1n) is 9.74. The zero-order chi connectivity index (χ0) is 22.3. The number of rotatable bonds is 9. The van der Waals surface area contributed by atoms with Gasteiger partial charge in [-0.25, -0.2) is 9.59 Å². The molecule has 164 valence electrons. The van der Waals surface area contributed by atoms with Gasteiger partial charge in [-0.3, -0.25) is 0 Å². The van der Waals surface area contributed by atoms with Gasteiger partial charge in [-0.2, -0.15) is 0 Å². The Hall–Kier alpha value is -2.16. The largest absolute Gasteiger partial charge is 0.466 e. The van der Waals surface area contributed by atoms with Gasteiger partial charge in [-0.1, -0.05) is 34.1 Å².